The molecule has 0 saturated carbocycles. The van der Waals surface area contributed by atoms with Gasteiger partial charge in [-0.2, -0.15) is 0 Å². The summed E-state index contributed by atoms with van der Waals surface area (Å²) in [6, 6.07) is 10.7. The summed E-state index contributed by atoms with van der Waals surface area (Å²) in [5, 5.41) is 0. The first-order valence-electron chi connectivity index (χ1n) is 9.26. The van der Waals surface area contributed by atoms with Gasteiger partial charge in [-0.1, -0.05) is 30.3 Å². The van der Waals surface area contributed by atoms with E-state index in [1.165, 1.54) is 5.56 Å². The van der Waals surface area contributed by atoms with E-state index in [-0.39, 0.29) is 24.0 Å². The number of guanidine groups is 1. The van der Waals surface area contributed by atoms with Crippen molar-refractivity contribution in [3.8, 4) is 0 Å². The Hall–Kier alpha value is -0.860. The zero-order valence-corrected chi connectivity index (χ0v) is 18.1. The quantitative estimate of drug-likeness (QED) is 0.281. The normalized spacial score (nSPS) is 16.5. The van der Waals surface area contributed by atoms with Gasteiger partial charge in [0.2, 0.25) is 0 Å². The summed E-state index contributed by atoms with van der Waals surface area (Å²) >= 11 is 0. The Bertz CT molecular complexity index is 482. The molecule has 5 nitrogen and oxygen atoms in total. The van der Waals surface area contributed by atoms with Crippen molar-refractivity contribution >= 4 is 29.9 Å². The van der Waals surface area contributed by atoms with Crippen molar-refractivity contribution in [1.82, 2.24) is 14.7 Å². The molecule has 0 radical (unpaired) electrons. The van der Waals surface area contributed by atoms with Gasteiger partial charge in [0.05, 0.1) is 0 Å². The highest BCUT2D eigenvalue weighted by Crippen LogP contribution is 2.08. The van der Waals surface area contributed by atoms with Crippen LogP contribution in [0.3, 0.4) is 0 Å². The summed E-state index contributed by atoms with van der Waals surface area (Å²) in [4.78, 5) is 11.7. The zero-order valence-electron chi connectivity index (χ0n) is 15.7. The van der Waals surface area contributed by atoms with Gasteiger partial charge >= 0.3 is 0 Å². The van der Waals surface area contributed by atoms with E-state index in [1.807, 2.05) is 0 Å². The average Bonchev–Trinajstić information content (AvgIpc) is 2.62. The molecule has 1 fully saturated rings. The highest BCUT2D eigenvalue weighted by molar-refractivity contribution is 14.0. The largest absolute Gasteiger partial charge is 0.370 e. The number of nitrogens with zero attached hydrogens (tertiary/aromatic N) is 4. The molecule has 2 rings (SSSR count). The number of nitrogens with two attached hydrogens (primary N) is 1. The maximum atomic E-state index is 6.01. The maximum Gasteiger partial charge on any atom is 0.191 e. The summed E-state index contributed by atoms with van der Waals surface area (Å²) in [6.45, 7) is 13.7. The monoisotopic (exact) mass is 459 g/mol. The van der Waals surface area contributed by atoms with Gasteiger partial charge in [0.25, 0.3) is 0 Å². The lowest BCUT2D eigenvalue weighted by Gasteiger charge is -2.34. The molecule has 1 aliphatic rings. The molecule has 142 valence electrons. The van der Waals surface area contributed by atoms with Crippen LogP contribution in [-0.4, -0.2) is 73.0 Å². The Kier molecular flexibility index (Phi) is 11.1. The van der Waals surface area contributed by atoms with Gasteiger partial charge in [0.15, 0.2) is 5.96 Å². The summed E-state index contributed by atoms with van der Waals surface area (Å²) in [5.41, 5.74) is 7.41. The van der Waals surface area contributed by atoms with Gasteiger partial charge in [-0.15, -0.1) is 24.0 Å². The lowest BCUT2D eigenvalue weighted by Crippen LogP contribution is -2.46. The van der Waals surface area contributed by atoms with Crippen LogP contribution in [0.15, 0.2) is 35.3 Å². The van der Waals surface area contributed by atoms with Gasteiger partial charge in [0.1, 0.15) is 0 Å². The van der Waals surface area contributed by atoms with Crippen LogP contribution in [-0.2, 0) is 6.54 Å². The lowest BCUT2D eigenvalue weighted by molar-refractivity contribution is 0.127. The second-order valence-electron chi connectivity index (χ2n) is 6.37. The smallest absolute Gasteiger partial charge is 0.191 e. The molecule has 25 heavy (non-hydrogen) atoms. The Morgan fingerprint density at radius 1 is 1.04 bits per heavy atom. The summed E-state index contributed by atoms with van der Waals surface area (Å²) < 4.78 is 0. The SMILES string of the molecule is CCN(CC)C(N)=NCCCN1CCN(Cc2ccccc2)CC1.I. The van der Waals surface area contributed by atoms with E-state index in [0.29, 0.717) is 5.96 Å². The molecule has 1 heterocycles. The van der Waals surface area contributed by atoms with Crippen molar-refractivity contribution in [3.63, 3.8) is 0 Å². The second-order valence-corrected chi connectivity index (χ2v) is 6.37. The Balaban J connectivity index is 0.00000312. The number of benzene rings is 1. The van der Waals surface area contributed by atoms with Crippen molar-refractivity contribution in [1.29, 1.82) is 0 Å². The minimum absolute atomic E-state index is 0. The minimum Gasteiger partial charge on any atom is -0.370 e. The average molecular weight is 459 g/mol. The van der Waals surface area contributed by atoms with Crippen LogP contribution >= 0.6 is 24.0 Å². The molecule has 0 amide bonds. The highest BCUT2D eigenvalue weighted by atomic mass is 127. The van der Waals surface area contributed by atoms with Crippen LogP contribution in [0.4, 0.5) is 0 Å². The Labute approximate surface area is 170 Å². The fraction of sp³-hybridized carbons (Fsp3) is 0.632. The predicted molar refractivity (Wildman–Crippen MR) is 118 cm³/mol. The fourth-order valence-electron chi connectivity index (χ4n) is 3.15. The van der Waals surface area contributed by atoms with Crippen molar-refractivity contribution in [2.45, 2.75) is 26.8 Å². The summed E-state index contributed by atoms with van der Waals surface area (Å²) in [6.07, 6.45) is 1.08. The topological polar surface area (TPSA) is 48.1 Å². The third kappa shape index (κ3) is 7.92. The van der Waals surface area contributed by atoms with Crippen LogP contribution in [0.25, 0.3) is 0 Å². The number of halogens is 1. The molecule has 0 atom stereocenters. The van der Waals surface area contributed by atoms with Crippen molar-refractivity contribution in [3.05, 3.63) is 35.9 Å². The van der Waals surface area contributed by atoms with Gasteiger partial charge in [-0.05, 0) is 25.8 Å². The van der Waals surface area contributed by atoms with Crippen LogP contribution in [0.5, 0.6) is 0 Å². The molecule has 0 unspecified atom stereocenters. The third-order valence-electron chi connectivity index (χ3n) is 4.71. The van der Waals surface area contributed by atoms with Gasteiger partial charge in [-0.25, -0.2) is 0 Å². The molecule has 0 aliphatic carbocycles. The van der Waals surface area contributed by atoms with Crippen molar-refractivity contribution in [2.24, 2.45) is 10.7 Å². The standard InChI is InChI=1S/C19H33N5.HI/c1-3-24(4-2)19(20)21-11-8-12-22-13-15-23(16-14-22)17-18-9-6-5-7-10-18;/h5-7,9-10H,3-4,8,11-17H2,1-2H3,(H2,20,21);1H. The predicted octanol–water partition coefficient (Wildman–Crippen LogP) is 2.47. The molecule has 1 saturated heterocycles. The fourth-order valence-corrected chi connectivity index (χ4v) is 3.15. The number of aliphatic imine (C=N–C) groups is 1. The second kappa shape index (κ2) is 12.5. The molecule has 1 aromatic carbocycles. The molecular weight excluding hydrogens is 425 g/mol. The van der Waals surface area contributed by atoms with E-state index in [2.05, 4.69) is 63.9 Å². The highest BCUT2D eigenvalue weighted by Gasteiger charge is 2.16. The molecule has 0 bridgehead atoms. The molecule has 0 spiro atoms. The van der Waals surface area contributed by atoms with E-state index in [9.17, 15) is 0 Å². The number of rotatable bonds is 8. The van der Waals surface area contributed by atoms with Gasteiger partial charge < -0.3 is 15.5 Å². The molecule has 2 N–H and O–H groups in total. The maximum absolute atomic E-state index is 6.01. The van der Waals surface area contributed by atoms with E-state index in [4.69, 9.17) is 5.73 Å². The van der Waals surface area contributed by atoms with Crippen molar-refractivity contribution in [2.75, 3.05) is 52.4 Å². The zero-order chi connectivity index (χ0) is 17.2. The minimum atomic E-state index is 0. The van der Waals surface area contributed by atoms with Gasteiger partial charge in [-0.3, -0.25) is 9.89 Å². The number of hydrogen-bond donors (Lipinski definition) is 1. The van der Waals surface area contributed by atoms with Crippen molar-refractivity contribution < 1.29 is 0 Å². The molecule has 6 heteroatoms. The Morgan fingerprint density at radius 3 is 2.24 bits per heavy atom. The van der Waals surface area contributed by atoms with E-state index in [1.54, 1.807) is 0 Å². The van der Waals surface area contributed by atoms with E-state index < -0.39 is 0 Å². The Morgan fingerprint density at radius 2 is 1.64 bits per heavy atom. The molecular formula is C19H34IN5. The van der Waals surface area contributed by atoms with E-state index in [0.717, 1.165) is 65.3 Å². The molecule has 0 aromatic heterocycles. The molecule has 1 aliphatic heterocycles. The number of hydrogen-bond acceptors (Lipinski definition) is 3. The summed E-state index contributed by atoms with van der Waals surface area (Å²) in [7, 11) is 0. The van der Waals surface area contributed by atoms with Gasteiger partial charge in [0, 0.05) is 58.9 Å². The molecule has 1 aromatic rings. The summed E-state index contributed by atoms with van der Waals surface area (Å²) in [5.74, 6) is 0.688. The van der Waals surface area contributed by atoms with Crippen LogP contribution in [0.2, 0.25) is 0 Å². The third-order valence-corrected chi connectivity index (χ3v) is 4.71. The first-order chi connectivity index (χ1) is 11.7. The van der Waals surface area contributed by atoms with Crippen LogP contribution in [0, 0.1) is 0 Å². The first kappa shape index (κ1) is 22.2. The van der Waals surface area contributed by atoms with Crippen LogP contribution in [0.1, 0.15) is 25.8 Å². The first-order valence-corrected chi connectivity index (χ1v) is 9.26. The number of piperazine rings is 1. The van der Waals surface area contributed by atoms with E-state index >= 15 is 0 Å². The van der Waals surface area contributed by atoms with Crippen LogP contribution < -0.4 is 5.73 Å². The lowest BCUT2D eigenvalue weighted by atomic mass is 10.2.